The van der Waals surface area contributed by atoms with Crippen LogP contribution in [0.15, 0.2) is 60.8 Å². The first-order chi connectivity index (χ1) is 20.4. The van der Waals surface area contributed by atoms with Crippen LogP contribution in [-0.2, 0) is 4.79 Å². The van der Waals surface area contributed by atoms with Crippen LogP contribution >= 0.6 is 0 Å². The number of anilines is 2. The predicted octanol–water partition coefficient (Wildman–Crippen LogP) is 4.16. The van der Waals surface area contributed by atoms with E-state index in [1.807, 2.05) is 35.2 Å². The Morgan fingerprint density at radius 2 is 1.81 bits per heavy atom. The third kappa shape index (κ3) is 4.77. The Morgan fingerprint density at radius 3 is 2.57 bits per heavy atom. The zero-order valence-electron chi connectivity index (χ0n) is 22.8. The number of imidazole rings is 1. The lowest BCUT2D eigenvalue weighted by Crippen LogP contribution is -2.39. The van der Waals surface area contributed by atoms with Gasteiger partial charge in [0, 0.05) is 30.9 Å². The summed E-state index contributed by atoms with van der Waals surface area (Å²) in [5, 5.41) is 16.7. The molecule has 2 unspecified atom stereocenters. The maximum absolute atomic E-state index is 14.8. The molecule has 3 atom stereocenters. The number of benzene rings is 2. The highest BCUT2D eigenvalue weighted by Gasteiger charge is 2.54. The van der Waals surface area contributed by atoms with E-state index in [2.05, 4.69) is 10.3 Å². The summed E-state index contributed by atoms with van der Waals surface area (Å²) in [7, 11) is 0. The number of amides is 2. The monoisotopic (exact) mass is 572 g/mol. The van der Waals surface area contributed by atoms with Gasteiger partial charge in [0.2, 0.25) is 5.91 Å². The minimum absolute atomic E-state index is 0.238. The molecule has 42 heavy (non-hydrogen) atoms. The first-order valence-corrected chi connectivity index (χ1v) is 14.3. The number of piperidine rings is 2. The molecule has 1 saturated carbocycles. The number of likely N-dealkylation sites (tertiary alicyclic amines) is 1. The molecule has 0 spiro atoms. The van der Waals surface area contributed by atoms with Gasteiger partial charge >= 0.3 is 0 Å². The number of halogens is 2. The lowest BCUT2D eigenvalue weighted by molar-refractivity contribution is -0.135. The molecule has 0 bridgehead atoms. The molecule has 2 aromatic carbocycles. The number of fused-ring (bicyclic) bond motifs is 2. The second kappa shape index (κ2) is 10.5. The van der Waals surface area contributed by atoms with Crippen LogP contribution in [0.5, 0.6) is 0 Å². The van der Waals surface area contributed by atoms with Crippen molar-refractivity contribution >= 4 is 29.0 Å². The van der Waals surface area contributed by atoms with Gasteiger partial charge in [0.1, 0.15) is 24.1 Å². The number of nitrogens with one attached hydrogen (secondary N) is 1. The van der Waals surface area contributed by atoms with Gasteiger partial charge in [-0.05, 0) is 85.0 Å². The Hall–Kier alpha value is -4.38. The Bertz CT molecular complexity index is 1670. The van der Waals surface area contributed by atoms with Gasteiger partial charge < -0.3 is 20.2 Å². The fourth-order valence-corrected chi connectivity index (χ4v) is 6.61. The van der Waals surface area contributed by atoms with Crippen molar-refractivity contribution in [2.45, 2.75) is 31.2 Å². The number of hydrogen-bond acceptors (Lipinski definition) is 6. The molecular weight excluding hydrogens is 542 g/mol. The van der Waals surface area contributed by atoms with E-state index in [1.54, 1.807) is 11.0 Å². The summed E-state index contributed by atoms with van der Waals surface area (Å²) in [5.41, 5.74) is 2.86. The second-order valence-electron chi connectivity index (χ2n) is 11.4. The quantitative estimate of drug-likeness (QED) is 0.360. The Labute approximate surface area is 240 Å². The van der Waals surface area contributed by atoms with Crippen molar-refractivity contribution in [1.82, 2.24) is 19.5 Å². The predicted molar refractivity (Wildman–Crippen MR) is 151 cm³/mol. The Morgan fingerprint density at radius 1 is 1.02 bits per heavy atom. The number of nitrogens with zero attached hydrogens (tertiary/aromatic N) is 5. The molecule has 3 aliphatic rings. The number of aromatic nitrogens is 3. The first kappa shape index (κ1) is 26.5. The molecule has 4 heterocycles. The standard InChI is InChI=1S/C31H30F2N6O3/c32-21-3-6-25(33)24(14-21)30-23-13-20(23)16-38(30)28-8-7-27-34-15-26(39(27)36-28)31(42)35-22-4-1-18(2-5-22)19-9-11-37(12-10-19)29(41)17-40/h1-8,14-15,19-20,23,30,40H,9-13,16-17H2,(H,35,42)/t20?,23?,30-/m1/s1. The largest absolute Gasteiger partial charge is 0.387 e. The van der Waals surface area contributed by atoms with Gasteiger partial charge in [-0.3, -0.25) is 9.59 Å². The smallest absolute Gasteiger partial charge is 0.276 e. The minimum atomic E-state index is -0.472. The Balaban J connectivity index is 1.08. The van der Waals surface area contributed by atoms with Crippen LogP contribution in [0.25, 0.3) is 5.65 Å². The fraction of sp³-hybridized carbons (Fsp3) is 0.355. The number of aliphatic hydroxyl groups is 1. The van der Waals surface area contributed by atoms with E-state index in [0.717, 1.165) is 30.9 Å². The van der Waals surface area contributed by atoms with E-state index in [0.29, 0.717) is 54.2 Å². The number of aliphatic hydroxyl groups excluding tert-OH is 1. The summed E-state index contributed by atoms with van der Waals surface area (Å²) in [6, 6.07) is 14.5. The third-order valence-electron chi connectivity index (χ3n) is 8.92. The molecule has 0 radical (unpaired) electrons. The van der Waals surface area contributed by atoms with Crippen LogP contribution < -0.4 is 10.2 Å². The summed E-state index contributed by atoms with van der Waals surface area (Å²) in [4.78, 5) is 33.1. The maximum atomic E-state index is 14.8. The summed E-state index contributed by atoms with van der Waals surface area (Å²) in [5.74, 6) is 0.0100. The number of hydrogen-bond donors (Lipinski definition) is 2. The van der Waals surface area contributed by atoms with Crippen molar-refractivity contribution in [3.8, 4) is 0 Å². The van der Waals surface area contributed by atoms with Gasteiger partial charge in [-0.1, -0.05) is 12.1 Å². The second-order valence-corrected chi connectivity index (χ2v) is 11.4. The zero-order chi connectivity index (χ0) is 29.0. The number of carbonyl (C=O) groups is 2. The normalized spacial score (nSPS) is 21.9. The highest BCUT2D eigenvalue weighted by molar-refractivity contribution is 6.03. The molecule has 9 nitrogen and oxygen atoms in total. The van der Waals surface area contributed by atoms with E-state index >= 15 is 0 Å². The van der Waals surface area contributed by atoms with Gasteiger partial charge in [-0.2, -0.15) is 0 Å². The lowest BCUT2D eigenvalue weighted by Gasteiger charge is -2.32. The molecule has 2 aliphatic heterocycles. The molecular formula is C31H30F2N6O3. The van der Waals surface area contributed by atoms with Crippen molar-refractivity contribution < 1.29 is 23.5 Å². The third-order valence-corrected chi connectivity index (χ3v) is 8.92. The molecule has 4 aromatic rings. The molecule has 2 saturated heterocycles. The molecule has 216 valence electrons. The molecule has 2 amide bonds. The highest BCUT2D eigenvalue weighted by atomic mass is 19.1. The topological polar surface area (TPSA) is 103 Å². The lowest BCUT2D eigenvalue weighted by atomic mass is 9.89. The van der Waals surface area contributed by atoms with Crippen LogP contribution in [0.1, 0.15) is 52.8 Å². The van der Waals surface area contributed by atoms with Gasteiger partial charge in [0.25, 0.3) is 5.91 Å². The summed E-state index contributed by atoms with van der Waals surface area (Å²) in [6.07, 6.45) is 4.08. The van der Waals surface area contributed by atoms with E-state index in [4.69, 9.17) is 10.2 Å². The van der Waals surface area contributed by atoms with Crippen molar-refractivity contribution in [1.29, 1.82) is 0 Å². The van der Waals surface area contributed by atoms with Crippen LogP contribution in [0, 0.1) is 23.5 Å². The molecule has 2 aromatic heterocycles. The molecule has 3 fully saturated rings. The van der Waals surface area contributed by atoms with Crippen molar-refractivity contribution in [3.63, 3.8) is 0 Å². The van der Waals surface area contributed by atoms with E-state index < -0.39 is 18.2 Å². The Kier molecular flexibility index (Phi) is 6.61. The maximum Gasteiger partial charge on any atom is 0.276 e. The van der Waals surface area contributed by atoms with Gasteiger partial charge in [-0.25, -0.2) is 18.3 Å². The average Bonchev–Trinajstić information content (AvgIpc) is 3.47. The van der Waals surface area contributed by atoms with Crippen molar-refractivity contribution in [2.24, 2.45) is 11.8 Å². The number of rotatable bonds is 6. The van der Waals surface area contributed by atoms with E-state index in [1.165, 1.54) is 22.8 Å². The average molecular weight is 573 g/mol. The van der Waals surface area contributed by atoms with E-state index in [-0.39, 0.29) is 29.5 Å². The van der Waals surface area contributed by atoms with E-state index in [9.17, 15) is 18.4 Å². The summed E-state index contributed by atoms with van der Waals surface area (Å²) >= 11 is 0. The molecule has 7 rings (SSSR count). The van der Waals surface area contributed by atoms with Crippen LogP contribution in [0.3, 0.4) is 0 Å². The number of carbonyl (C=O) groups excluding carboxylic acids is 2. The fourth-order valence-electron chi connectivity index (χ4n) is 6.61. The van der Waals surface area contributed by atoms with Gasteiger partial charge in [-0.15, -0.1) is 5.10 Å². The van der Waals surface area contributed by atoms with Gasteiger partial charge in [0.15, 0.2) is 11.3 Å². The SMILES string of the molecule is O=C(Nc1ccc(C2CCN(C(=O)CO)CC2)cc1)c1cnc2ccc(N3CC4CC4[C@@H]3c3cc(F)ccc3F)nn12. The van der Waals surface area contributed by atoms with Gasteiger partial charge in [0.05, 0.1) is 12.2 Å². The summed E-state index contributed by atoms with van der Waals surface area (Å²) in [6.45, 7) is 1.45. The molecule has 2 N–H and O–H groups in total. The molecule has 11 heteroatoms. The van der Waals surface area contributed by atoms with Crippen LogP contribution in [0.4, 0.5) is 20.3 Å². The first-order valence-electron chi connectivity index (χ1n) is 14.3. The van der Waals surface area contributed by atoms with Crippen molar-refractivity contribution in [3.05, 3.63) is 89.2 Å². The molecule has 1 aliphatic carbocycles. The minimum Gasteiger partial charge on any atom is -0.387 e. The van der Waals surface area contributed by atoms with Crippen molar-refractivity contribution in [2.75, 3.05) is 36.5 Å². The van der Waals surface area contributed by atoms with Crippen LogP contribution in [0.2, 0.25) is 0 Å². The zero-order valence-corrected chi connectivity index (χ0v) is 22.8. The highest BCUT2D eigenvalue weighted by Crippen LogP contribution is 2.57. The summed E-state index contributed by atoms with van der Waals surface area (Å²) < 4.78 is 30.3. The van der Waals surface area contributed by atoms with Crippen LogP contribution in [-0.4, -0.2) is 62.7 Å².